The van der Waals surface area contributed by atoms with Gasteiger partial charge in [0, 0.05) is 10.2 Å². The van der Waals surface area contributed by atoms with Gasteiger partial charge in [0.1, 0.15) is 0 Å². The molecule has 1 nitrogen and oxygen atoms in total. The van der Waals surface area contributed by atoms with E-state index in [1.54, 1.807) is 11.3 Å². The van der Waals surface area contributed by atoms with Crippen LogP contribution in [0.15, 0.2) is 30.3 Å². The van der Waals surface area contributed by atoms with Crippen molar-refractivity contribution in [3.05, 3.63) is 41.4 Å². The largest absolute Gasteiger partial charge is 0.290 e. The van der Waals surface area contributed by atoms with E-state index in [0.717, 1.165) is 15.9 Å². The Morgan fingerprint density at radius 3 is 3.00 bits per heavy atom. The van der Waals surface area contributed by atoms with E-state index < -0.39 is 0 Å². The minimum Gasteiger partial charge on any atom is -0.290 e. The smallest absolute Gasteiger partial charge is 0.0787 e. The maximum absolute atomic E-state index is 4.53. The third kappa shape index (κ3) is 1.22. The summed E-state index contributed by atoms with van der Waals surface area (Å²) in [6.45, 7) is 2.04. The summed E-state index contributed by atoms with van der Waals surface area (Å²) in [5, 5.41) is 3.46. The number of fused-ring (bicyclic) bond motifs is 3. The Morgan fingerprint density at radius 2 is 2.13 bits per heavy atom. The standard InChI is InChI=1S/C12H8NS.Lr/c1-8-13-12-10-5-3-2-4-9(10)6-7-11(12)14-8;/h2-4,6-7H,1H3;/q-1;. The average molecular weight is 460 g/mol. The molecule has 0 N–H and O–H groups in total. The third-order valence-corrected chi connectivity index (χ3v) is 3.24. The van der Waals surface area contributed by atoms with E-state index in [2.05, 4.69) is 29.2 Å². The molecule has 0 atom stereocenters. The number of hydrogen-bond donors (Lipinski definition) is 0. The quantitative estimate of drug-likeness (QED) is 0.468. The van der Waals surface area contributed by atoms with E-state index >= 15 is 0 Å². The zero-order valence-electron chi connectivity index (χ0n) is 8.00. The summed E-state index contributed by atoms with van der Waals surface area (Å²) in [6, 6.07) is 13.6. The first-order chi connectivity index (χ1) is 6.84. The van der Waals surface area contributed by atoms with Gasteiger partial charge in [-0.15, -0.1) is 46.4 Å². The summed E-state index contributed by atoms with van der Waals surface area (Å²) in [5.41, 5.74) is 1.09. The minimum atomic E-state index is 0. The summed E-state index contributed by atoms with van der Waals surface area (Å²) >= 11 is 1.74. The van der Waals surface area contributed by atoms with Crippen LogP contribution in [0.1, 0.15) is 5.01 Å². The Kier molecular flexibility index (Phi) is 1.87. The van der Waals surface area contributed by atoms with Crippen molar-refractivity contribution in [3.8, 4) is 0 Å². The SMILES string of the molecule is Cc1nc2c(ccc3ccc[c-]c32)s1.[Lr]. The van der Waals surface area contributed by atoms with E-state index in [1.165, 1.54) is 10.1 Å². The van der Waals surface area contributed by atoms with E-state index in [9.17, 15) is 0 Å². The van der Waals surface area contributed by atoms with Crippen LogP contribution in [0.4, 0.5) is 0 Å². The van der Waals surface area contributed by atoms with Gasteiger partial charge in [-0.2, -0.15) is 0 Å². The predicted molar refractivity (Wildman–Crippen MR) is 60.7 cm³/mol. The molecule has 1 heterocycles. The van der Waals surface area contributed by atoms with Crippen LogP contribution in [0.25, 0.3) is 21.0 Å². The van der Waals surface area contributed by atoms with Crippen LogP contribution in [0.3, 0.4) is 0 Å². The van der Waals surface area contributed by atoms with Gasteiger partial charge in [-0.25, -0.2) is 0 Å². The van der Waals surface area contributed by atoms with E-state index in [1.807, 2.05) is 19.1 Å². The van der Waals surface area contributed by atoms with Gasteiger partial charge < -0.3 is 0 Å². The Balaban J connectivity index is 0.000000853. The number of aromatic nitrogens is 1. The van der Waals surface area contributed by atoms with Crippen LogP contribution < -0.4 is 0 Å². The van der Waals surface area contributed by atoms with Gasteiger partial charge in [-0.1, -0.05) is 12.1 Å². The van der Waals surface area contributed by atoms with Crippen molar-refractivity contribution in [1.29, 1.82) is 0 Å². The fourth-order valence-electron chi connectivity index (χ4n) is 1.69. The van der Waals surface area contributed by atoms with Crippen LogP contribution in [-0.4, -0.2) is 4.98 Å². The molecule has 83 valence electrons. The molecule has 0 aliphatic heterocycles. The zero-order chi connectivity index (χ0) is 9.54. The maximum atomic E-state index is 4.53. The topological polar surface area (TPSA) is 12.9 Å². The van der Waals surface area contributed by atoms with Crippen molar-refractivity contribution in [2.75, 3.05) is 0 Å². The minimum absolute atomic E-state index is 0. The summed E-state index contributed by atoms with van der Waals surface area (Å²) in [4.78, 5) is 4.53. The van der Waals surface area contributed by atoms with Crippen LogP contribution >= 0.6 is 11.3 Å². The second-order valence-corrected chi connectivity index (χ2v) is 4.51. The summed E-state index contributed by atoms with van der Waals surface area (Å²) < 4.78 is 1.25. The summed E-state index contributed by atoms with van der Waals surface area (Å²) in [6.07, 6.45) is 0. The molecule has 3 heteroatoms. The van der Waals surface area contributed by atoms with Crippen LogP contribution in [-0.2, 0) is 0 Å². The van der Waals surface area contributed by atoms with Gasteiger partial charge in [0.25, 0.3) is 0 Å². The Morgan fingerprint density at radius 1 is 1.27 bits per heavy atom. The Labute approximate surface area is 86.0 Å². The second kappa shape index (κ2) is 3.07. The first-order valence-electron chi connectivity index (χ1n) is 4.51. The van der Waals surface area contributed by atoms with Crippen molar-refractivity contribution >= 4 is 32.3 Å². The Hall–Kier alpha value is -2.41. The van der Waals surface area contributed by atoms with Crippen molar-refractivity contribution in [3.63, 3.8) is 0 Å². The van der Waals surface area contributed by atoms with Crippen molar-refractivity contribution < 1.29 is 0 Å². The predicted octanol–water partition coefficient (Wildman–Crippen LogP) is 3.56. The van der Waals surface area contributed by atoms with Gasteiger partial charge in [0.2, 0.25) is 0 Å². The first-order valence-corrected chi connectivity index (χ1v) is 5.33. The molecule has 0 fully saturated rings. The molecule has 1 aromatic heterocycles. The molecule has 0 saturated carbocycles. The monoisotopic (exact) mass is 460 g/mol. The zero-order valence-corrected chi connectivity index (χ0v) is 11.0. The van der Waals surface area contributed by atoms with Crippen LogP contribution in [0.2, 0.25) is 0 Å². The van der Waals surface area contributed by atoms with Gasteiger partial charge in [0.15, 0.2) is 0 Å². The molecule has 0 bridgehead atoms. The number of thiazole rings is 1. The van der Waals surface area contributed by atoms with Crippen LogP contribution in [0.5, 0.6) is 0 Å². The van der Waals surface area contributed by atoms with Crippen molar-refractivity contribution in [2.45, 2.75) is 6.92 Å². The van der Waals surface area contributed by atoms with Gasteiger partial charge >= 0.3 is 0 Å². The first kappa shape index (κ1) is 9.16. The molecular weight excluding hydrogens is 452 g/mol. The molecular formula is C12H8LrNS-. The number of hydrogen-bond acceptors (Lipinski definition) is 2. The summed E-state index contributed by atoms with van der Waals surface area (Å²) in [5.74, 6) is 0. The molecule has 1 radical (unpaired) electrons. The van der Waals surface area contributed by atoms with E-state index in [-0.39, 0.29) is 0 Å². The molecule has 0 aliphatic rings. The molecule has 3 rings (SSSR count). The van der Waals surface area contributed by atoms with Gasteiger partial charge in [-0.05, 0) is 6.92 Å². The maximum Gasteiger partial charge on any atom is 0.0787 e. The number of nitrogens with zero attached hydrogens (tertiary/aromatic N) is 1. The van der Waals surface area contributed by atoms with Gasteiger partial charge in [0.05, 0.1) is 5.01 Å². The number of benzene rings is 2. The molecule has 0 unspecified atom stereocenters. The molecule has 2 aromatic carbocycles. The molecule has 0 saturated heterocycles. The summed E-state index contributed by atoms with van der Waals surface area (Å²) in [7, 11) is 0. The average Bonchev–Trinajstić information content (AvgIpc) is 2.59. The van der Waals surface area contributed by atoms with Crippen molar-refractivity contribution in [2.24, 2.45) is 0 Å². The molecule has 0 aliphatic carbocycles. The molecule has 0 amide bonds. The molecule has 3 aromatic rings. The van der Waals surface area contributed by atoms with E-state index in [4.69, 9.17) is 0 Å². The fraction of sp³-hybridized carbons (Fsp3) is 0.0833. The second-order valence-electron chi connectivity index (χ2n) is 3.28. The molecule has 15 heavy (non-hydrogen) atoms. The van der Waals surface area contributed by atoms with Crippen LogP contribution in [0, 0.1) is 13.0 Å². The normalized spacial score (nSPS) is 10.5. The number of aryl methyl sites for hydroxylation is 1. The van der Waals surface area contributed by atoms with Gasteiger partial charge in [-0.3, -0.25) is 4.98 Å². The van der Waals surface area contributed by atoms with Crippen molar-refractivity contribution in [1.82, 2.24) is 4.98 Å². The third-order valence-electron chi connectivity index (χ3n) is 2.30. The van der Waals surface area contributed by atoms with E-state index in [0.29, 0.717) is 0 Å². The number of rotatable bonds is 0. The Bertz CT molecular complexity index is 615. The molecule has 0 spiro atoms. The fourth-order valence-corrected chi connectivity index (χ4v) is 2.53.